The number of nitrogens with one attached hydrogen (secondary N) is 1. The molecule has 0 atom stereocenters. The van der Waals surface area contributed by atoms with Gasteiger partial charge in [-0.1, -0.05) is 0 Å². The van der Waals surface area contributed by atoms with E-state index in [4.69, 9.17) is 14.9 Å². The smallest absolute Gasteiger partial charge is 0.321 e. The summed E-state index contributed by atoms with van der Waals surface area (Å²) in [6.45, 7) is 0. The van der Waals surface area contributed by atoms with Crippen LogP contribution in [0.25, 0.3) is 10.9 Å². The maximum absolute atomic E-state index is 13.5. The molecule has 11 heteroatoms. The van der Waals surface area contributed by atoms with Gasteiger partial charge in [-0.3, -0.25) is 9.36 Å². The highest BCUT2D eigenvalue weighted by Gasteiger charge is 2.23. The summed E-state index contributed by atoms with van der Waals surface area (Å²) in [6.07, 6.45) is 0. The second kappa shape index (κ2) is 4.47. The fourth-order valence-electron chi connectivity index (χ4n) is 1.63. The number of hydrogen-bond acceptors (Lipinski definition) is 4. The lowest BCUT2D eigenvalue weighted by atomic mass is 10.2. The summed E-state index contributed by atoms with van der Waals surface area (Å²) in [4.78, 5) is 30.7. The lowest BCUT2D eigenvalue weighted by molar-refractivity contribution is 0.387. The molecule has 20 heavy (non-hydrogen) atoms. The van der Waals surface area contributed by atoms with Crippen molar-refractivity contribution in [3.63, 3.8) is 0 Å². The highest BCUT2D eigenvalue weighted by molar-refractivity contribution is 7.89. The van der Waals surface area contributed by atoms with Crippen LogP contribution in [0.1, 0.15) is 0 Å². The van der Waals surface area contributed by atoms with Gasteiger partial charge in [-0.05, 0) is 18.2 Å². The Morgan fingerprint density at radius 3 is 2.35 bits per heavy atom. The first-order valence-electron chi connectivity index (χ1n) is 4.95. The summed E-state index contributed by atoms with van der Waals surface area (Å²) < 4.78 is 47.0. The van der Waals surface area contributed by atoms with Crippen LogP contribution in [0.4, 0.5) is 4.39 Å². The van der Waals surface area contributed by atoms with Gasteiger partial charge in [0, 0.05) is 5.39 Å². The number of halogens is 1. The molecule has 1 heterocycles. The van der Waals surface area contributed by atoms with Crippen molar-refractivity contribution in [2.45, 2.75) is 4.90 Å². The Kier molecular flexibility index (Phi) is 3.31. The molecule has 0 spiro atoms. The molecule has 0 aliphatic carbocycles. The molecule has 0 saturated heterocycles. The van der Waals surface area contributed by atoms with E-state index in [-0.39, 0.29) is 10.9 Å². The van der Waals surface area contributed by atoms with Gasteiger partial charge >= 0.3 is 7.60 Å². The number of pyridine rings is 1. The zero-order valence-electron chi connectivity index (χ0n) is 9.57. The minimum Gasteiger partial charge on any atom is -0.321 e. The third-order valence-corrected chi connectivity index (χ3v) is 4.38. The molecule has 0 amide bonds. The number of H-pyrrole nitrogens is 1. The molecule has 0 saturated carbocycles. The molecule has 0 radical (unpaired) electrons. The van der Waals surface area contributed by atoms with Gasteiger partial charge < -0.3 is 14.8 Å². The molecule has 8 nitrogen and oxygen atoms in total. The lowest BCUT2D eigenvalue weighted by Crippen LogP contribution is -2.27. The Balaban J connectivity index is 2.91. The van der Waals surface area contributed by atoms with Crippen LogP contribution >= 0.6 is 7.60 Å². The lowest BCUT2D eigenvalue weighted by Gasteiger charge is -2.07. The number of hydrogen-bond donors (Lipinski definition) is 4. The van der Waals surface area contributed by atoms with Crippen molar-refractivity contribution < 1.29 is 27.2 Å². The van der Waals surface area contributed by atoms with Gasteiger partial charge in [0.1, 0.15) is 16.0 Å². The van der Waals surface area contributed by atoms with Gasteiger partial charge in [0.2, 0.25) is 10.0 Å². The van der Waals surface area contributed by atoms with Gasteiger partial charge in [0.05, 0.1) is 5.52 Å². The van der Waals surface area contributed by atoms with Crippen LogP contribution in [0.15, 0.2) is 27.9 Å². The number of benzene rings is 1. The van der Waals surface area contributed by atoms with E-state index < -0.39 is 39.2 Å². The molecule has 0 unspecified atom stereocenters. The topological polar surface area (TPSA) is 151 Å². The van der Waals surface area contributed by atoms with Crippen LogP contribution in [0.2, 0.25) is 0 Å². The third kappa shape index (κ3) is 2.65. The standard InChI is InChI=1S/C9H8FN2O6PS/c10-5-3-6-4(2-8(5)20(11,17)18)1-7(9(13)12-6)19(14,15)16/h1-3H,(H,12,13)(H2,11,17,18)(H2,14,15,16). The Morgan fingerprint density at radius 1 is 1.25 bits per heavy atom. The summed E-state index contributed by atoms with van der Waals surface area (Å²) in [5.74, 6) is -1.18. The van der Waals surface area contributed by atoms with Gasteiger partial charge in [-0.15, -0.1) is 0 Å². The fraction of sp³-hybridized carbons (Fsp3) is 0. The molecule has 2 aromatic rings. The van der Waals surface area contributed by atoms with E-state index in [1.54, 1.807) is 0 Å². The maximum atomic E-state index is 13.5. The molecule has 2 rings (SSSR count). The van der Waals surface area contributed by atoms with Crippen molar-refractivity contribution >= 4 is 33.8 Å². The van der Waals surface area contributed by atoms with Crippen LogP contribution in [0.3, 0.4) is 0 Å². The molecule has 0 bridgehead atoms. The normalized spacial score (nSPS) is 12.8. The summed E-state index contributed by atoms with van der Waals surface area (Å²) in [6, 6.07) is 2.29. The van der Waals surface area contributed by atoms with E-state index in [2.05, 4.69) is 4.98 Å². The van der Waals surface area contributed by atoms with E-state index in [9.17, 15) is 22.2 Å². The predicted octanol–water partition coefficient (Wildman–Crippen LogP) is -0.882. The zero-order chi connectivity index (χ0) is 15.3. The van der Waals surface area contributed by atoms with Crippen LogP contribution < -0.4 is 16.0 Å². The number of rotatable bonds is 2. The first-order valence-corrected chi connectivity index (χ1v) is 8.11. The second-order valence-electron chi connectivity index (χ2n) is 3.94. The van der Waals surface area contributed by atoms with Crippen molar-refractivity contribution in [1.82, 2.24) is 4.98 Å². The number of sulfonamides is 1. The second-order valence-corrected chi connectivity index (χ2v) is 7.04. The van der Waals surface area contributed by atoms with Crippen molar-refractivity contribution in [2.75, 3.05) is 0 Å². The van der Waals surface area contributed by atoms with Gasteiger partial charge in [0.15, 0.2) is 0 Å². The van der Waals surface area contributed by atoms with Gasteiger partial charge in [-0.2, -0.15) is 0 Å². The fourth-order valence-corrected chi connectivity index (χ4v) is 2.88. The Hall–Kier alpha value is -1.58. The van der Waals surface area contributed by atoms with Crippen LogP contribution in [-0.4, -0.2) is 23.2 Å². The summed E-state index contributed by atoms with van der Waals surface area (Å²) in [7, 11) is -9.19. The molecule has 0 aliphatic rings. The number of fused-ring (bicyclic) bond motifs is 1. The van der Waals surface area contributed by atoms with E-state index in [1.807, 2.05) is 0 Å². The van der Waals surface area contributed by atoms with Crippen molar-refractivity contribution in [1.29, 1.82) is 0 Å². The summed E-state index contributed by atoms with van der Waals surface area (Å²) in [5, 5.41) is 3.88. The van der Waals surface area contributed by atoms with E-state index in [1.165, 1.54) is 0 Å². The molecular formula is C9H8FN2O6PS. The first kappa shape index (κ1) is 14.8. The molecule has 0 fully saturated rings. The van der Waals surface area contributed by atoms with Crippen molar-refractivity contribution in [3.8, 4) is 0 Å². The molecule has 1 aromatic carbocycles. The summed E-state index contributed by atoms with van der Waals surface area (Å²) in [5.41, 5.74) is -1.20. The third-order valence-electron chi connectivity index (χ3n) is 2.50. The molecule has 5 N–H and O–H groups in total. The largest absolute Gasteiger partial charge is 0.361 e. The summed E-state index contributed by atoms with van der Waals surface area (Å²) >= 11 is 0. The highest BCUT2D eigenvalue weighted by Crippen LogP contribution is 2.32. The van der Waals surface area contributed by atoms with E-state index in [0.717, 1.165) is 12.1 Å². The van der Waals surface area contributed by atoms with Crippen LogP contribution in [0.5, 0.6) is 0 Å². The number of aromatic amines is 1. The monoisotopic (exact) mass is 322 g/mol. The zero-order valence-corrected chi connectivity index (χ0v) is 11.3. The Morgan fingerprint density at radius 2 is 1.85 bits per heavy atom. The van der Waals surface area contributed by atoms with E-state index >= 15 is 0 Å². The Labute approximate surface area is 111 Å². The predicted molar refractivity (Wildman–Crippen MR) is 67.6 cm³/mol. The van der Waals surface area contributed by atoms with Crippen molar-refractivity contribution in [3.05, 3.63) is 34.4 Å². The number of primary sulfonamides is 1. The van der Waals surface area contributed by atoms with Crippen LogP contribution in [-0.2, 0) is 14.6 Å². The van der Waals surface area contributed by atoms with Crippen LogP contribution in [0, 0.1) is 5.82 Å². The average Bonchev–Trinajstić information content (AvgIpc) is 2.24. The Bertz CT molecular complexity index is 916. The average molecular weight is 322 g/mol. The first-order chi connectivity index (χ1) is 9.00. The quantitative estimate of drug-likeness (QED) is 0.527. The number of nitrogens with two attached hydrogens (primary N) is 1. The SMILES string of the molecule is NS(=O)(=O)c1cc2cc(P(=O)(O)O)c(=O)[nH]c2cc1F. The minimum atomic E-state index is -4.85. The van der Waals surface area contributed by atoms with Gasteiger partial charge in [0.25, 0.3) is 5.56 Å². The van der Waals surface area contributed by atoms with Gasteiger partial charge in [-0.25, -0.2) is 17.9 Å². The molecule has 0 aliphatic heterocycles. The van der Waals surface area contributed by atoms with E-state index in [0.29, 0.717) is 6.07 Å². The minimum absolute atomic E-state index is 0.0756. The van der Waals surface area contributed by atoms with Crippen molar-refractivity contribution in [2.24, 2.45) is 5.14 Å². The molecular weight excluding hydrogens is 314 g/mol. The highest BCUT2D eigenvalue weighted by atomic mass is 32.2. The number of aromatic nitrogens is 1. The molecule has 1 aromatic heterocycles. The molecule has 108 valence electrons. The maximum Gasteiger partial charge on any atom is 0.361 e.